The third-order valence-electron chi connectivity index (χ3n) is 7.68. The third-order valence-corrected chi connectivity index (χ3v) is 8.53. The number of hydrogen-bond donors (Lipinski definition) is 1. The lowest BCUT2D eigenvalue weighted by Crippen LogP contribution is -2.61. The third kappa shape index (κ3) is 4.22. The summed E-state index contributed by atoms with van der Waals surface area (Å²) in [6.07, 6.45) is 3.28. The van der Waals surface area contributed by atoms with Gasteiger partial charge in [0, 0.05) is 17.4 Å². The molecule has 0 aliphatic carbocycles. The highest BCUT2D eigenvalue weighted by Crippen LogP contribution is 2.61. The van der Waals surface area contributed by atoms with Crippen LogP contribution in [-0.2, 0) is 23.9 Å². The van der Waals surface area contributed by atoms with E-state index in [2.05, 4.69) is 29.4 Å². The molecular formula is C25H39BrN2O6. The number of carbonyl (C=O) groups is 3. The molecule has 1 spiro atoms. The molecule has 9 heteroatoms. The molecule has 0 radical (unpaired) electrons. The van der Waals surface area contributed by atoms with Crippen LogP contribution in [0.3, 0.4) is 0 Å². The molecular weight excluding hydrogens is 504 g/mol. The van der Waals surface area contributed by atoms with Crippen molar-refractivity contribution >= 4 is 33.7 Å². The Morgan fingerprint density at radius 1 is 1.38 bits per heavy atom. The van der Waals surface area contributed by atoms with Gasteiger partial charge in [-0.1, -0.05) is 49.2 Å². The predicted octanol–water partition coefficient (Wildman–Crippen LogP) is 2.52. The summed E-state index contributed by atoms with van der Waals surface area (Å²) in [4.78, 5) is 44.4. The van der Waals surface area contributed by atoms with Gasteiger partial charge in [-0.05, 0) is 32.6 Å². The summed E-state index contributed by atoms with van der Waals surface area (Å²) >= 11 is 3.65. The quantitative estimate of drug-likeness (QED) is 0.245. The molecule has 3 saturated heterocycles. The molecule has 3 fully saturated rings. The van der Waals surface area contributed by atoms with Crippen LogP contribution in [0.5, 0.6) is 0 Å². The first kappa shape index (κ1) is 27.1. The van der Waals surface area contributed by atoms with Gasteiger partial charge in [0.25, 0.3) is 0 Å². The van der Waals surface area contributed by atoms with Crippen molar-refractivity contribution in [3.8, 4) is 0 Å². The normalized spacial score (nSPS) is 33.7. The SMILES string of the molecule is C=CCN(C(=O)C1N([C@@H](CO)C(C)C)C(=O)[C@@H]2[C@@H](C(=O)OCC)[C@@H]3OC12CC3Br)C(C)CCC. The summed E-state index contributed by atoms with van der Waals surface area (Å²) in [5.41, 5.74) is -1.15. The van der Waals surface area contributed by atoms with Gasteiger partial charge < -0.3 is 24.4 Å². The predicted molar refractivity (Wildman–Crippen MR) is 131 cm³/mol. The van der Waals surface area contributed by atoms with Crippen LogP contribution in [0.2, 0.25) is 0 Å². The van der Waals surface area contributed by atoms with Gasteiger partial charge in [-0.25, -0.2) is 0 Å². The van der Waals surface area contributed by atoms with Crippen molar-refractivity contribution in [2.24, 2.45) is 17.8 Å². The van der Waals surface area contributed by atoms with Gasteiger partial charge >= 0.3 is 5.97 Å². The number of rotatable bonds is 11. The van der Waals surface area contributed by atoms with Crippen molar-refractivity contribution in [3.05, 3.63) is 12.7 Å². The second-order valence-electron chi connectivity index (χ2n) is 10.1. The molecule has 3 aliphatic heterocycles. The van der Waals surface area contributed by atoms with Crippen molar-refractivity contribution in [2.45, 2.75) is 88.5 Å². The summed E-state index contributed by atoms with van der Waals surface area (Å²) in [5, 5.41) is 10.3. The van der Waals surface area contributed by atoms with Crippen molar-refractivity contribution < 1.29 is 29.0 Å². The van der Waals surface area contributed by atoms with Crippen LogP contribution < -0.4 is 0 Å². The Kier molecular flexibility index (Phi) is 8.51. The first-order valence-corrected chi connectivity index (χ1v) is 13.4. The van der Waals surface area contributed by atoms with Gasteiger partial charge in [-0.2, -0.15) is 0 Å². The maximum Gasteiger partial charge on any atom is 0.312 e. The Hall–Kier alpha value is -1.45. The van der Waals surface area contributed by atoms with E-state index in [0.717, 1.165) is 12.8 Å². The van der Waals surface area contributed by atoms with Gasteiger partial charge in [0.15, 0.2) is 0 Å². The molecule has 0 saturated carbocycles. The van der Waals surface area contributed by atoms with E-state index < -0.39 is 41.6 Å². The molecule has 3 heterocycles. The number of alkyl halides is 1. The molecule has 8 nitrogen and oxygen atoms in total. The number of nitrogens with zero attached hydrogens (tertiary/aromatic N) is 2. The van der Waals surface area contributed by atoms with Gasteiger partial charge in [-0.15, -0.1) is 6.58 Å². The Morgan fingerprint density at radius 2 is 2.06 bits per heavy atom. The zero-order chi connectivity index (χ0) is 25.4. The molecule has 8 atom stereocenters. The fourth-order valence-electron chi connectivity index (χ4n) is 6.19. The minimum absolute atomic E-state index is 0.0613. The Balaban J connectivity index is 2.14. The maximum atomic E-state index is 14.3. The standard InChI is InChI=1S/C25H39BrN2O6/c1-7-10-15(6)27(11-8-2)23(31)21-25-12-16(26)20(34-25)18(24(32)33-9-3)19(25)22(30)28(21)17(13-29)14(4)5/h8,14-21,29H,2,7,9-13H2,1,3-6H3/t15?,16?,17-,18+,19-,20+,21?,25?/m0/s1. The van der Waals surface area contributed by atoms with Crippen LogP contribution in [0, 0.1) is 17.8 Å². The van der Waals surface area contributed by atoms with Crippen LogP contribution in [0.15, 0.2) is 12.7 Å². The van der Waals surface area contributed by atoms with E-state index in [0.29, 0.717) is 13.0 Å². The number of ether oxygens (including phenoxy) is 2. The summed E-state index contributed by atoms with van der Waals surface area (Å²) < 4.78 is 11.8. The number of fused-ring (bicyclic) bond motifs is 1. The number of esters is 1. The lowest BCUT2D eigenvalue weighted by Gasteiger charge is -2.41. The molecule has 1 N–H and O–H groups in total. The van der Waals surface area contributed by atoms with Crippen molar-refractivity contribution in [1.82, 2.24) is 9.80 Å². The molecule has 0 aromatic rings. The first-order chi connectivity index (χ1) is 16.1. The number of aliphatic hydroxyl groups is 1. The minimum Gasteiger partial charge on any atom is -0.466 e. The van der Waals surface area contributed by atoms with E-state index in [4.69, 9.17) is 9.47 Å². The molecule has 34 heavy (non-hydrogen) atoms. The molecule has 3 aliphatic rings. The molecule has 192 valence electrons. The summed E-state index contributed by atoms with van der Waals surface area (Å²) in [6.45, 7) is 13.7. The Labute approximate surface area is 211 Å². The smallest absolute Gasteiger partial charge is 0.312 e. The number of aliphatic hydroxyl groups excluding tert-OH is 1. The lowest BCUT2D eigenvalue weighted by atomic mass is 9.70. The maximum absolute atomic E-state index is 14.3. The van der Waals surface area contributed by atoms with E-state index in [1.807, 2.05) is 20.8 Å². The van der Waals surface area contributed by atoms with Gasteiger partial charge in [0.2, 0.25) is 11.8 Å². The molecule has 2 amide bonds. The Bertz CT molecular complexity index is 806. The summed E-state index contributed by atoms with van der Waals surface area (Å²) in [6, 6.07) is -1.57. The second-order valence-corrected chi connectivity index (χ2v) is 11.2. The van der Waals surface area contributed by atoms with Crippen LogP contribution in [0.1, 0.15) is 53.9 Å². The first-order valence-electron chi connectivity index (χ1n) is 12.4. The molecule has 0 aromatic heterocycles. The number of amides is 2. The van der Waals surface area contributed by atoms with Crippen molar-refractivity contribution in [2.75, 3.05) is 19.8 Å². The largest absolute Gasteiger partial charge is 0.466 e. The van der Waals surface area contributed by atoms with Gasteiger partial charge in [-0.3, -0.25) is 14.4 Å². The zero-order valence-electron chi connectivity index (χ0n) is 20.9. The highest BCUT2D eigenvalue weighted by Gasteiger charge is 2.77. The van der Waals surface area contributed by atoms with Crippen molar-refractivity contribution in [3.63, 3.8) is 0 Å². The monoisotopic (exact) mass is 542 g/mol. The van der Waals surface area contributed by atoms with E-state index in [-0.39, 0.29) is 41.8 Å². The van der Waals surface area contributed by atoms with Crippen LogP contribution in [0.4, 0.5) is 0 Å². The van der Waals surface area contributed by atoms with Gasteiger partial charge in [0.05, 0.1) is 37.2 Å². The molecule has 0 aromatic carbocycles. The lowest BCUT2D eigenvalue weighted by molar-refractivity contribution is -0.157. The van der Waals surface area contributed by atoms with Crippen LogP contribution in [0.25, 0.3) is 0 Å². The number of likely N-dealkylation sites (tertiary alicyclic amines) is 1. The second kappa shape index (κ2) is 10.7. The summed E-state index contributed by atoms with van der Waals surface area (Å²) in [5.74, 6) is -2.72. The van der Waals surface area contributed by atoms with Crippen LogP contribution in [-0.4, -0.2) is 87.1 Å². The fraction of sp³-hybridized carbons (Fsp3) is 0.800. The average Bonchev–Trinajstić information content (AvgIpc) is 3.36. The molecule has 3 rings (SSSR count). The highest BCUT2D eigenvalue weighted by atomic mass is 79.9. The number of halogens is 1. The fourth-order valence-corrected chi connectivity index (χ4v) is 7.13. The van der Waals surface area contributed by atoms with E-state index in [1.165, 1.54) is 4.90 Å². The molecule has 2 bridgehead atoms. The highest BCUT2D eigenvalue weighted by molar-refractivity contribution is 9.09. The number of carbonyl (C=O) groups excluding carboxylic acids is 3. The number of hydrogen-bond acceptors (Lipinski definition) is 6. The minimum atomic E-state index is -1.15. The Morgan fingerprint density at radius 3 is 2.59 bits per heavy atom. The topological polar surface area (TPSA) is 96.4 Å². The average molecular weight is 543 g/mol. The van der Waals surface area contributed by atoms with E-state index >= 15 is 0 Å². The van der Waals surface area contributed by atoms with Crippen molar-refractivity contribution in [1.29, 1.82) is 0 Å². The summed E-state index contributed by atoms with van der Waals surface area (Å²) in [7, 11) is 0. The van der Waals surface area contributed by atoms with Gasteiger partial charge in [0.1, 0.15) is 11.6 Å². The zero-order valence-corrected chi connectivity index (χ0v) is 22.5. The van der Waals surface area contributed by atoms with E-state index in [9.17, 15) is 19.5 Å². The molecule has 4 unspecified atom stereocenters. The van der Waals surface area contributed by atoms with E-state index in [1.54, 1.807) is 17.9 Å². The van der Waals surface area contributed by atoms with Crippen LogP contribution >= 0.6 is 15.9 Å².